The Labute approximate surface area is 118 Å². The van der Waals surface area contributed by atoms with E-state index in [0.717, 1.165) is 24.5 Å². The van der Waals surface area contributed by atoms with Crippen LogP contribution in [0.1, 0.15) is 5.56 Å². The Morgan fingerprint density at radius 2 is 2.05 bits per heavy atom. The molecule has 0 radical (unpaired) electrons. The van der Waals surface area contributed by atoms with Gasteiger partial charge >= 0.3 is 6.03 Å². The molecule has 2 amide bonds. The number of urea groups is 1. The predicted molar refractivity (Wildman–Crippen MR) is 79.9 cm³/mol. The van der Waals surface area contributed by atoms with Gasteiger partial charge in [-0.05, 0) is 35.9 Å². The molecule has 0 bridgehead atoms. The Bertz CT molecular complexity index is 603. The van der Waals surface area contributed by atoms with Crippen molar-refractivity contribution in [2.45, 2.75) is 6.54 Å². The molecule has 0 atom stereocenters. The van der Waals surface area contributed by atoms with Crippen molar-refractivity contribution in [3.63, 3.8) is 0 Å². The van der Waals surface area contributed by atoms with Gasteiger partial charge in [-0.2, -0.15) is 0 Å². The molecular formula is C15H18N4O. The molecule has 20 heavy (non-hydrogen) atoms. The SMILES string of the molecule is Cn1ccc(CNc2ccc(N3CCNC3=O)cc2)c1. The van der Waals surface area contributed by atoms with Crippen molar-refractivity contribution in [3.8, 4) is 0 Å². The fraction of sp³-hybridized carbons (Fsp3) is 0.267. The fourth-order valence-corrected chi connectivity index (χ4v) is 2.35. The van der Waals surface area contributed by atoms with E-state index in [4.69, 9.17) is 0 Å². The molecule has 0 spiro atoms. The van der Waals surface area contributed by atoms with Gasteiger partial charge in [0.15, 0.2) is 0 Å². The van der Waals surface area contributed by atoms with Gasteiger partial charge in [0.05, 0.1) is 0 Å². The van der Waals surface area contributed by atoms with Crippen molar-refractivity contribution in [2.75, 3.05) is 23.3 Å². The zero-order valence-electron chi connectivity index (χ0n) is 11.5. The van der Waals surface area contributed by atoms with Crippen LogP contribution in [0.2, 0.25) is 0 Å². The summed E-state index contributed by atoms with van der Waals surface area (Å²) in [6.45, 7) is 2.24. The highest BCUT2D eigenvalue weighted by atomic mass is 16.2. The number of carbonyl (C=O) groups is 1. The number of nitrogens with zero attached hydrogens (tertiary/aromatic N) is 2. The lowest BCUT2D eigenvalue weighted by Crippen LogP contribution is -2.27. The van der Waals surface area contributed by atoms with E-state index in [0.29, 0.717) is 6.54 Å². The van der Waals surface area contributed by atoms with E-state index in [1.54, 1.807) is 4.90 Å². The lowest BCUT2D eigenvalue weighted by molar-refractivity contribution is 0.252. The molecule has 1 aromatic heterocycles. The van der Waals surface area contributed by atoms with Crippen LogP contribution in [0.4, 0.5) is 16.2 Å². The first-order valence-corrected chi connectivity index (χ1v) is 6.72. The van der Waals surface area contributed by atoms with E-state index >= 15 is 0 Å². The summed E-state index contributed by atoms with van der Waals surface area (Å²) < 4.78 is 2.03. The number of anilines is 2. The Kier molecular flexibility index (Phi) is 3.33. The largest absolute Gasteiger partial charge is 0.381 e. The van der Waals surface area contributed by atoms with Crippen LogP contribution in [0.25, 0.3) is 0 Å². The van der Waals surface area contributed by atoms with Crippen LogP contribution in [0.5, 0.6) is 0 Å². The number of aromatic nitrogens is 1. The number of hydrogen-bond donors (Lipinski definition) is 2. The lowest BCUT2D eigenvalue weighted by Gasteiger charge is -2.14. The first-order chi connectivity index (χ1) is 9.72. The number of rotatable bonds is 4. The highest BCUT2D eigenvalue weighted by molar-refractivity contribution is 5.94. The minimum absolute atomic E-state index is 0.0185. The van der Waals surface area contributed by atoms with Crippen LogP contribution in [0, 0.1) is 0 Å². The van der Waals surface area contributed by atoms with Crippen LogP contribution in [0.3, 0.4) is 0 Å². The maximum atomic E-state index is 11.6. The third-order valence-corrected chi connectivity index (χ3v) is 3.43. The number of nitrogens with one attached hydrogen (secondary N) is 2. The monoisotopic (exact) mass is 270 g/mol. The highest BCUT2D eigenvalue weighted by Crippen LogP contribution is 2.19. The van der Waals surface area contributed by atoms with Crippen molar-refractivity contribution in [2.24, 2.45) is 7.05 Å². The normalized spacial score (nSPS) is 14.4. The Morgan fingerprint density at radius 1 is 1.25 bits per heavy atom. The van der Waals surface area contributed by atoms with Crippen molar-refractivity contribution >= 4 is 17.4 Å². The minimum Gasteiger partial charge on any atom is -0.381 e. The smallest absolute Gasteiger partial charge is 0.321 e. The molecular weight excluding hydrogens is 252 g/mol. The van der Waals surface area contributed by atoms with Gasteiger partial charge in [0.25, 0.3) is 0 Å². The Hall–Kier alpha value is -2.43. The van der Waals surface area contributed by atoms with Crippen LogP contribution in [-0.2, 0) is 13.6 Å². The van der Waals surface area contributed by atoms with Gasteiger partial charge < -0.3 is 15.2 Å². The maximum Gasteiger partial charge on any atom is 0.321 e. The van der Waals surface area contributed by atoms with Gasteiger partial charge in [0, 0.05) is 50.5 Å². The van der Waals surface area contributed by atoms with Crippen molar-refractivity contribution in [1.82, 2.24) is 9.88 Å². The van der Waals surface area contributed by atoms with E-state index in [1.165, 1.54) is 5.56 Å². The predicted octanol–water partition coefficient (Wildman–Crippen LogP) is 2.17. The van der Waals surface area contributed by atoms with Gasteiger partial charge in [-0.25, -0.2) is 4.79 Å². The molecule has 2 N–H and O–H groups in total. The summed E-state index contributed by atoms with van der Waals surface area (Å²) in [5.41, 5.74) is 3.23. The summed E-state index contributed by atoms with van der Waals surface area (Å²) in [4.78, 5) is 13.3. The molecule has 5 heteroatoms. The van der Waals surface area contributed by atoms with Crippen LogP contribution in [-0.4, -0.2) is 23.7 Å². The molecule has 1 aromatic carbocycles. The minimum atomic E-state index is -0.0185. The van der Waals surface area contributed by atoms with Crippen LogP contribution >= 0.6 is 0 Å². The molecule has 2 aromatic rings. The van der Waals surface area contributed by atoms with Crippen LogP contribution in [0.15, 0.2) is 42.7 Å². The fourth-order valence-electron chi connectivity index (χ4n) is 2.35. The van der Waals surface area contributed by atoms with Gasteiger partial charge in [-0.3, -0.25) is 4.90 Å². The topological polar surface area (TPSA) is 49.3 Å². The first-order valence-electron chi connectivity index (χ1n) is 6.72. The van der Waals surface area contributed by atoms with Gasteiger partial charge in [-0.1, -0.05) is 0 Å². The lowest BCUT2D eigenvalue weighted by atomic mass is 10.2. The number of hydrogen-bond acceptors (Lipinski definition) is 2. The summed E-state index contributed by atoms with van der Waals surface area (Å²) in [6.07, 6.45) is 4.13. The van der Waals surface area contributed by atoms with E-state index in [-0.39, 0.29) is 6.03 Å². The molecule has 0 saturated carbocycles. The summed E-state index contributed by atoms with van der Waals surface area (Å²) >= 11 is 0. The average molecular weight is 270 g/mol. The molecule has 104 valence electrons. The molecule has 1 saturated heterocycles. The van der Waals surface area contributed by atoms with Crippen LogP contribution < -0.4 is 15.5 Å². The third kappa shape index (κ3) is 2.61. The van der Waals surface area contributed by atoms with Crippen molar-refractivity contribution < 1.29 is 4.79 Å². The molecule has 3 rings (SSSR count). The second-order valence-corrected chi connectivity index (χ2v) is 4.97. The molecule has 0 aliphatic carbocycles. The number of aryl methyl sites for hydroxylation is 1. The zero-order valence-corrected chi connectivity index (χ0v) is 11.5. The summed E-state index contributed by atoms with van der Waals surface area (Å²) in [5, 5.41) is 6.17. The Morgan fingerprint density at radius 3 is 2.65 bits per heavy atom. The molecule has 1 aliphatic heterocycles. The van der Waals surface area contributed by atoms with E-state index in [2.05, 4.69) is 22.9 Å². The summed E-state index contributed by atoms with van der Waals surface area (Å²) in [6, 6.07) is 10.0. The highest BCUT2D eigenvalue weighted by Gasteiger charge is 2.20. The van der Waals surface area contributed by atoms with Crippen molar-refractivity contribution in [3.05, 3.63) is 48.3 Å². The third-order valence-electron chi connectivity index (χ3n) is 3.43. The molecule has 2 heterocycles. The Balaban J connectivity index is 1.62. The number of amides is 2. The molecule has 1 fully saturated rings. The molecule has 5 nitrogen and oxygen atoms in total. The van der Waals surface area contributed by atoms with Gasteiger partial charge in [-0.15, -0.1) is 0 Å². The second-order valence-electron chi connectivity index (χ2n) is 4.97. The van der Waals surface area contributed by atoms with Gasteiger partial charge in [0.2, 0.25) is 0 Å². The van der Waals surface area contributed by atoms with Gasteiger partial charge in [0.1, 0.15) is 0 Å². The summed E-state index contributed by atoms with van der Waals surface area (Å²) in [7, 11) is 2.01. The standard InChI is InChI=1S/C15H18N4O/c1-18-8-6-12(11-18)10-17-13-2-4-14(5-3-13)19-9-7-16-15(19)20/h2-6,8,11,17H,7,9-10H2,1H3,(H,16,20). The number of carbonyl (C=O) groups excluding carboxylic acids is 1. The van der Waals surface area contributed by atoms with E-state index < -0.39 is 0 Å². The second kappa shape index (κ2) is 5.28. The molecule has 1 aliphatic rings. The quantitative estimate of drug-likeness (QED) is 0.894. The maximum absolute atomic E-state index is 11.6. The zero-order chi connectivity index (χ0) is 13.9. The number of benzene rings is 1. The summed E-state index contributed by atoms with van der Waals surface area (Å²) in [5.74, 6) is 0. The van der Waals surface area contributed by atoms with E-state index in [1.807, 2.05) is 42.1 Å². The first kappa shape index (κ1) is 12.6. The van der Waals surface area contributed by atoms with Crippen molar-refractivity contribution in [1.29, 1.82) is 0 Å². The van der Waals surface area contributed by atoms with E-state index in [9.17, 15) is 4.79 Å². The average Bonchev–Trinajstić information content (AvgIpc) is 3.06. The molecule has 0 unspecified atom stereocenters.